The van der Waals surface area contributed by atoms with Crippen molar-refractivity contribution in [2.45, 2.75) is 20.4 Å². The van der Waals surface area contributed by atoms with Crippen LogP contribution >= 0.6 is 11.3 Å². The highest BCUT2D eigenvalue weighted by Gasteiger charge is 2.18. The van der Waals surface area contributed by atoms with Crippen molar-refractivity contribution in [3.05, 3.63) is 58.9 Å². The van der Waals surface area contributed by atoms with Crippen molar-refractivity contribution in [2.75, 3.05) is 18.5 Å². The maximum absolute atomic E-state index is 14.0. The third-order valence-corrected chi connectivity index (χ3v) is 6.06. The van der Waals surface area contributed by atoms with Gasteiger partial charge in [-0.15, -0.1) is 11.3 Å². The molecule has 4 rings (SSSR count). The van der Waals surface area contributed by atoms with E-state index < -0.39 is 17.6 Å². The van der Waals surface area contributed by atoms with Gasteiger partial charge in [0.1, 0.15) is 17.9 Å². The number of ether oxygens (including phenoxy) is 1. The number of aryl methyl sites for hydroxylation is 1. The van der Waals surface area contributed by atoms with Crippen LogP contribution in [0.4, 0.5) is 14.6 Å². The predicted molar refractivity (Wildman–Crippen MR) is 119 cm³/mol. The molecule has 0 saturated heterocycles. The number of carboxylic acids is 1. The summed E-state index contributed by atoms with van der Waals surface area (Å²) in [6.07, 6.45) is 1.40. The van der Waals surface area contributed by atoms with Crippen LogP contribution in [0.2, 0.25) is 0 Å². The monoisotopic (exact) mass is 458 g/mol. The Bertz CT molecular complexity index is 1300. The Labute approximate surface area is 186 Å². The van der Waals surface area contributed by atoms with Gasteiger partial charge in [0.2, 0.25) is 0 Å². The molecule has 0 radical (unpaired) electrons. The molecule has 32 heavy (non-hydrogen) atoms. The largest absolute Gasteiger partial charge is 0.492 e. The number of hydrogen-bond donors (Lipinski definition) is 2. The minimum absolute atomic E-state index is 0.119. The molecule has 0 aliphatic carbocycles. The average Bonchev–Trinajstić information content (AvgIpc) is 3.33. The number of thiophene rings is 1. The third kappa shape index (κ3) is 4.13. The second kappa shape index (κ2) is 8.91. The topological polar surface area (TPSA) is 89.3 Å². The number of aromatic nitrogens is 3. The number of halogens is 2. The highest BCUT2D eigenvalue weighted by molar-refractivity contribution is 7.17. The van der Waals surface area contributed by atoms with Gasteiger partial charge in [-0.25, -0.2) is 23.5 Å². The summed E-state index contributed by atoms with van der Waals surface area (Å²) in [5.41, 5.74) is 2.01. The normalized spacial score (nSPS) is 11.1. The summed E-state index contributed by atoms with van der Waals surface area (Å²) in [6.45, 7) is 4.98. The first-order chi connectivity index (χ1) is 15.4. The van der Waals surface area contributed by atoms with E-state index in [0.29, 0.717) is 47.4 Å². The van der Waals surface area contributed by atoms with Crippen molar-refractivity contribution in [2.24, 2.45) is 0 Å². The van der Waals surface area contributed by atoms with Gasteiger partial charge in [-0.3, -0.25) is 0 Å². The number of carbonyl (C=O) groups is 1. The van der Waals surface area contributed by atoms with E-state index in [-0.39, 0.29) is 10.3 Å². The number of benzene rings is 1. The SMILES string of the molecule is CCOc1cc(-c2cc(NCCn3c(C)cc4c(F)c(F)ccc43)ncn2)sc1C(=O)O. The van der Waals surface area contributed by atoms with Gasteiger partial charge in [0.25, 0.3) is 0 Å². The molecule has 0 unspecified atom stereocenters. The molecule has 7 nitrogen and oxygen atoms in total. The number of aromatic carboxylic acids is 1. The lowest BCUT2D eigenvalue weighted by Crippen LogP contribution is -2.12. The molecule has 0 aliphatic rings. The standard InChI is InChI=1S/C22H20F2N4O3S/c1-3-31-17-10-18(32-21(17)22(29)30)15-9-19(27-11-26-15)25-6-7-28-12(2)8-13-16(28)5-4-14(23)20(13)24/h4-5,8-11H,3,6-7H2,1-2H3,(H,29,30)(H,25,26,27). The van der Waals surface area contributed by atoms with E-state index in [0.717, 1.165) is 23.1 Å². The fourth-order valence-electron chi connectivity index (χ4n) is 3.50. The molecule has 166 valence electrons. The lowest BCUT2D eigenvalue weighted by molar-refractivity contribution is 0.0698. The molecule has 3 heterocycles. The molecule has 0 bridgehead atoms. The number of fused-ring (bicyclic) bond motifs is 1. The third-order valence-electron chi connectivity index (χ3n) is 4.93. The summed E-state index contributed by atoms with van der Waals surface area (Å²) in [7, 11) is 0. The van der Waals surface area contributed by atoms with Gasteiger partial charge in [-0.2, -0.15) is 0 Å². The number of nitrogens with one attached hydrogen (secondary N) is 1. The van der Waals surface area contributed by atoms with Crippen molar-refractivity contribution >= 4 is 34.0 Å². The number of anilines is 1. The molecular weight excluding hydrogens is 438 g/mol. The van der Waals surface area contributed by atoms with Crippen LogP contribution in [0.25, 0.3) is 21.5 Å². The smallest absolute Gasteiger partial charge is 0.349 e. The molecular formula is C22H20F2N4O3S. The van der Waals surface area contributed by atoms with Gasteiger partial charge in [0.05, 0.1) is 22.7 Å². The highest BCUT2D eigenvalue weighted by Crippen LogP contribution is 2.36. The van der Waals surface area contributed by atoms with Gasteiger partial charge < -0.3 is 19.7 Å². The summed E-state index contributed by atoms with van der Waals surface area (Å²) in [4.78, 5) is 20.7. The molecule has 0 saturated carbocycles. The molecule has 0 fully saturated rings. The van der Waals surface area contributed by atoms with Crippen molar-refractivity contribution in [1.82, 2.24) is 14.5 Å². The summed E-state index contributed by atoms with van der Waals surface area (Å²) < 4.78 is 34.9. The van der Waals surface area contributed by atoms with E-state index in [1.54, 1.807) is 31.2 Å². The van der Waals surface area contributed by atoms with Gasteiger partial charge in [0, 0.05) is 36.3 Å². The van der Waals surface area contributed by atoms with Crippen molar-refractivity contribution in [3.8, 4) is 16.3 Å². The zero-order valence-corrected chi connectivity index (χ0v) is 18.2. The molecule has 4 aromatic rings. The van der Waals surface area contributed by atoms with Crippen LogP contribution in [0.15, 0.2) is 36.7 Å². The van der Waals surface area contributed by atoms with Gasteiger partial charge in [-0.1, -0.05) is 0 Å². The predicted octanol–water partition coefficient (Wildman–Crippen LogP) is 4.96. The Hall–Kier alpha value is -3.53. The quantitative estimate of drug-likeness (QED) is 0.388. The van der Waals surface area contributed by atoms with Crippen molar-refractivity contribution in [3.63, 3.8) is 0 Å². The van der Waals surface area contributed by atoms with E-state index in [1.165, 1.54) is 6.33 Å². The molecule has 10 heteroatoms. The van der Waals surface area contributed by atoms with Crippen molar-refractivity contribution in [1.29, 1.82) is 0 Å². The number of rotatable bonds is 8. The molecule has 0 atom stereocenters. The summed E-state index contributed by atoms with van der Waals surface area (Å²) in [6, 6.07) is 7.70. The minimum Gasteiger partial charge on any atom is -0.492 e. The Balaban J connectivity index is 1.51. The maximum atomic E-state index is 14.0. The fourth-order valence-corrected chi connectivity index (χ4v) is 4.41. The van der Waals surface area contributed by atoms with Gasteiger partial charge in [0.15, 0.2) is 16.5 Å². The van der Waals surface area contributed by atoms with Crippen LogP contribution in [0.1, 0.15) is 22.3 Å². The molecule has 0 amide bonds. The summed E-state index contributed by atoms with van der Waals surface area (Å²) >= 11 is 1.08. The second-order valence-corrected chi connectivity index (χ2v) is 8.04. The first-order valence-electron chi connectivity index (χ1n) is 9.89. The zero-order chi connectivity index (χ0) is 22.8. The van der Waals surface area contributed by atoms with E-state index >= 15 is 0 Å². The van der Waals surface area contributed by atoms with Crippen molar-refractivity contribution < 1.29 is 23.4 Å². The van der Waals surface area contributed by atoms with Crippen LogP contribution < -0.4 is 10.1 Å². The number of carboxylic acid groups (broad SMARTS) is 1. The molecule has 0 spiro atoms. The Morgan fingerprint density at radius 3 is 2.81 bits per heavy atom. The first-order valence-corrected chi connectivity index (χ1v) is 10.7. The Morgan fingerprint density at radius 2 is 2.06 bits per heavy atom. The molecule has 2 N–H and O–H groups in total. The molecule has 3 aromatic heterocycles. The van der Waals surface area contributed by atoms with Gasteiger partial charge in [-0.05, 0) is 32.0 Å². The Morgan fingerprint density at radius 1 is 1.25 bits per heavy atom. The first kappa shape index (κ1) is 21.7. The lowest BCUT2D eigenvalue weighted by atomic mass is 10.2. The Kier molecular flexibility index (Phi) is 6.04. The fraction of sp³-hybridized carbons (Fsp3) is 0.227. The van der Waals surface area contributed by atoms with E-state index in [4.69, 9.17) is 4.74 Å². The number of hydrogen-bond acceptors (Lipinski definition) is 6. The van der Waals surface area contributed by atoms with Crippen LogP contribution in [-0.2, 0) is 6.54 Å². The van der Waals surface area contributed by atoms with E-state index in [2.05, 4.69) is 15.3 Å². The van der Waals surface area contributed by atoms with Crippen LogP contribution in [-0.4, -0.2) is 38.8 Å². The summed E-state index contributed by atoms with van der Waals surface area (Å²) in [5.74, 6) is -1.90. The van der Waals surface area contributed by atoms with Crippen LogP contribution in [0, 0.1) is 18.6 Å². The maximum Gasteiger partial charge on any atom is 0.349 e. The van der Waals surface area contributed by atoms with Crippen LogP contribution in [0.5, 0.6) is 5.75 Å². The molecule has 0 aliphatic heterocycles. The van der Waals surface area contributed by atoms with Crippen LogP contribution in [0.3, 0.4) is 0 Å². The number of nitrogens with zero attached hydrogens (tertiary/aromatic N) is 3. The average molecular weight is 458 g/mol. The second-order valence-electron chi connectivity index (χ2n) is 6.99. The zero-order valence-electron chi connectivity index (χ0n) is 17.4. The minimum atomic E-state index is -1.05. The molecule has 1 aromatic carbocycles. The van der Waals surface area contributed by atoms with Gasteiger partial charge >= 0.3 is 5.97 Å². The lowest BCUT2D eigenvalue weighted by Gasteiger charge is -2.10. The summed E-state index contributed by atoms with van der Waals surface area (Å²) in [5, 5.41) is 12.8. The van der Waals surface area contributed by atoms with E-state index in [1.807, 2.05) is 11.5 Å². The van der Waals surface area contributed by atoms with E-state index in [9.17, 15) is 18.7 Å². The highest BCUT2D eigenvalue weighted by atomic mass is 32.1.